The molecule has 0 unspecified atom stereocenters. The number of aromatic nitrogens is 2. The molecule has 0 fully saturated rings. The Labute approximate surface area is 207 Å². The largest absolute Gasteiger partial charge is 0.495 e. The van der Waals surface area contributed by atoms with E-state index in [1.807, 2.05) is 0 Å². The minimum atomic E-state index is -3.88. The lowest BCUT2D eigenvalue weighted by Gasteiger charge is -2.11. The van der Waals surface area contributed by atoms with E-state index in [9.17, 15) is 16.8 Å². The number of sulfonamides is 2. The van der Waals surface area contributed by atoms with Crippen molar-refractivity contribution in [3.8, 4) is 28.7 Å². The standard InChI is InChI=1S/C22H19ClN4O6S2/c1-24-35(30,31)20-13-15(9-12-17(20)23)22-26-25-21(33-22)14-7-10-16(11-8-14)34(28,29)27-18-5-3-4-6-19(18)32-2/h3-13,24,27H,1-2H3. The Bertz CT molecular complexity index is 1590. The summed E-state index contributed by atoms with van der Waals surface area (Å²) in [5.41, 5.74) is 1.13. The molecule has 1 heterocycles. The second-order valence-electron chi connectivity index (χ2n) is 7.10. The molecule has 13 heteroatoms. The highest BCUT2D eigenvalue weighted by Gasteiger charge is 2.20. The molecule has 10 nitrogen and oxygen atoms in total. The molecule has 3 aromatic carbocycles. The first-order valence-electron chi connectivity index (χ1n) is 9.98. The van der Waals surface area contributed by atoms with Crippen LogP contribution in [0.3, 0.4) is 0 Å². The maximum absolute atomic E-state index is 12.8. The van der Waals surface area contributed by atoms with Crippen LogP contribution < -0.4 is 14.2 Å². The third kappa shape index (κ3) is 5.15. The number of anilines is 1. The molecule has 1 aromatic heterocycles. The van der Waals surface area contributed by atoms with Crippen molar-refractivity contribution in [3.63, 3.8) is 0 Å². The fraction of sp³-hybridized carbons (Fsp3) is 0.0909. The second kappa shape index (κ2) is 9.66. The monoisotopic (exact) mass is 534 g/mol. The molecule has 0 bridgehead atoms. The first-order chi connectivity index (χ1) is 16.6. The summed E-state index contributed by atoms with van der Waals surface area (Å²) in [4.78, 5) is -0.109. The summed E-state index contributed by atoms with van der Waals surface area (Å²) >= 11 is 6.02. The first kappa shape index (κ1) is 24.7. The van der Waals surface area contributed by atoms with Crippen molar-refractivity contribution >= 4 is 37.3 Å². The van der Waals surface area contributed by atoms with Crippen LogP contribution in [0.1, 0.15) is 0 Å². The molecule has 0 spiro atoms. The van der Waals surface area contributed by atoms with Gasteiger partial charge in [0.1, 0.15) is 10.6 Å². The predicted octanol–water partition coefficient (Wildman–Crippen LogP) is 3.77. The number of nitrogens with one attached hydrogen (secondary N) is 2. The number of nitrogens with zero attached hydrogens (tertiary/aromatic N) is 2. The molecule has 4 aromatic rings. The molecule has 0 saturated heterocycles. The SMILES string of the molecule is CNS(=O)(=O)c1cc(-c2nnc(-c3ccc(S(=O)(=O)Nc4ccccc4OC)cc3)o2)ccc1Cl. The predicted molar refractivity (Wildman–Crippen MR) is 130 cm³/mol. The molecule has 0 aliphatic rings. The van der Waals surface area contributed by atoms with Gasteiger partial charge in [-0.1, -0.05) is 23.7 Å². The van der Waals surface area contributed by atoms with Crippen LogP contribution in [0, 0.1) is 0 Å². The Morgan fingerprint density at radius 2 is 1.49 bits per heavy atom. The summed E-state index contributed by atoms with van der Waals surface area (Å²) in [6.07, 6.45) is 0. The van der Waals surface area contributed by atoms with E-state index >= 15 is 0 Å². The van der Waals surface area contributed by atoms with Crippen molar-refractivity contribution in [1.29, 1.82) is 0 Å². The van der Waals surface area contributed by atoms with Gasteiger partial charge in [-0.15, -0.1) is 10.2 Å². The third-order valence-electron chi connectivity index (χ3n) is 4.92. The molecule has 0 radical (unpaired) electrons. The fourth-order valence-corrected chi connectivity index (χ4v) is 5.44. The van der Waals surface area contributed by atoms with Crippen molar-refractivity contribution in [3.05, 3.63) is 71.8 Å². The maximum atomic E-state index is 12.8. The molecule has 182 valence electrons. The van der Waals surface area contributed by atoms with Gasteiger partial charge in [0.2, 0.25) is 21.8 Å². The van der Waals surface area contributed by atoms with Gasteiger partial charge in [0.25, 0.3) is 10.0 Å². The first-order valence-corrected chi connectivity index (χ1v) is 13.3. The Balaban J connectivity index is 1.59. The lowest BCUT2D eigenvalue weighted by molar-refractivity contribution is 0.417. The van der Waals surface area contributed by atoms with E-state index in [4.69, 9.17) is 20.8 Å². The van der Waals surface area contributed by atoms with E-state index < -0.39 is 20.0 Å². The van der Waals surface area contributed by atoms with Crippen molar-refractivity contribution in [1.82, 2.24) is 14.9 Å². The summed E-state index contributed by atoms with van der Waals surface area (Å²) < 4.78 is 65.5. The average Bonchev–Trinajstić information content (AvgIpc) is 3.35. The van der Waals surface area contributed by atoms with Gasteiger partial charge in [-0.05, 0) is 61.6 Å². The normalized spacial score (nSPS) is 11.9. The average molecular weight is 535 g/mol. The number of hydrogen-bond acceptors (Lipinski definition) is 8. The van der Waals surface area contributed by atoms with Gasteiger partial charge < -0.3 is 9.15 Å². The molecule has 0 aliphatic heterocycles. The molecule has 35 heavy (non-hydrogen) atoms. The smallest absolute Gasteiger partial charge is 0.262 e. The fourth-order valence-electron chi connectivity index (χ4n) is 3.12. The number of rotatable bonds is 8. The topological polar surface area (TPSA) is 140 Å². The number of ether oxygens (including phenoxy) is 1. The molecular formula is C22H19ClN4O6S2. The zero-order valence-corrected chi connectivity index (χ0v) is 20.8. The van der Waals surface area contributed by atoms with Gasteiger partial charge >= 0.3 is 0 Å². The van der Waals surface area contributed by atoms with Crippen molar-refractivity contribution in [2.24, 2.45) is 0 Å². The van der Waals surface area contributed by atoms with Crippen LogP contribution in [0.25, 0.3) is 22.9 Å². The zero-order valence-electron chi connectivity index (χ0n) is 18.4. The van der Waals surface area contributed by atoms with Crippen LogP contribution in [0.2, 0.25) is 5.02 Å². The quantitative estimate of drug-likeness (QED) is 0.348. The summed E-state index contributed by atoms with van der Waals surface area (Å²) in [5.74, 6) is 0.576. The van der Waals surface area contributed by atoms with E-state index in [1.54, 1.807) is 30.3 Å². The molecular weight excluding hydrogens is 516 g/mol. The van der Waals surface area contributed by atoms with E-state index in [0.717, 1.165) is 0 Å². The minimum absolute atomic E-state index is 0.0199. The van der Waals surface area contributed by atoms with Crippen LogP contribution in [0.4, 0.5) is 5.69 Å². The molecule has 0 saturated carbocycles. The Kier molecular flexibility index (Phi) is 6.81. The van der Waals surface area contributed by atoms with Crippen LogP contribution >= 0.6 is 11.6 Å². The number of hydrogen-bond donors (Lipinski definition) is 2. The summed E-state index contributed by atoms with van der Waals surface area (Å²) in [5, 5.41) is 7.99. The van der Waals surface area contributed by atoms with Gasteiger partial charge in [-0.3, -0.25) is 4.72 Å². The Morgan fingerprint density at radius 1 is 0.857 bits per heavy atom. The highest BCUT2D eigenvalue weighted by Crippen LogP contribution is 2.30. The molecule has 0 amide bonds. The summed E-state index contributed by atoms with van der Waals surface area (Å²) in [6, 6.07) is 16.8. The molecule has 4 rings (SSSR count). The van der Waals surface area contributed by atoms with Gasteiger partial charge in [0.05, 0.1) is 22.7 Å². The molecule has 0 atom stereocenters. The maximum Gasteiger partial charge on any atom is 0.262 e. The van der Waals surface area contributed by atoms with Crippen molar-refractivity contribution in [2.75, 3.05) is 18.9 Å². The number of methoxy groups -OCH3 is 1. The number of para-hydroxylation sites is 2. The lowest BCUT2D eigenvalue weighted by Crippen LogP contribution is -2.19. The van der Waals surface area contributed by atoms with Crippen molar-refractivity contribution in [2.45, 2.75) is 9.79 Å². The van der Waals surface area contributed by atoms with Crippen LogP contribution in [-0.2, 0) is 20.0 Å². The molecule has 0 aliphatic carbocycles. The summed E-state index contributed by atoms with van der Waals surface area (Å²) in [6.45, 7) is 0. The van der Waals surface area contributed by atoms with Crippen LogP contribution in [-0.4, -0.2) is 41.2 Å². The molecule has 2 N–H and O–H groups in total. The van der Waals surface area contributed by atoms with Crippen LogP contribution in [0.5, 0.6) is 5.75 Å². The van der Waals surface area contributed by atoms with Crippen molar-refractivity contribution < 1.29 is 26.0 Å². The van der Waals surface area contributed by atoms with Gasteiger partial charge in [0.15, 0.2) is 0 Å². The Hall–Kier alpha value is -3.45. The zero-order chi connectivity index (χ0) is 25.2. The van der Waals surface area contributed by atoms with Gasteiger partial charge in [-0.25, -0.2) is 21.6 Å². The second-order valence-corrected chi connectivity index (χ2v) is 11.0. The van der Waals surface area contributed by atoms with Crippen LogP contribution in [0.15, 0.2) is 80.9 Å². The Morgan fingerprint density at radius 3 is 2.14 bits per heavy atom. The third-order valence-corrected chi connectivity index (χ3v) is 8.20. The summed E-state index contributed by atoms with van der Waals surface area (Å²) in [7, 11) is -4.95. The van der Waals surface area contributed by atoms with E-state index in [2.05, 4.69) is 19.6 Å². The van der Waals surface area contributed by atoms with E-state index in [0.29, 0.717) is 22.6 Å². The highest BCUT2D eigenvalue weighted by molar-refractivity contribution is 7.92. The number of halogens is 1. The van der Waals surface area contributed by atoms with Gasteiger partial charge in [-0.2, -0.15) is 0 Å². The number of benzene rings is 3. The highest BCUT2D eigenvalue weighted by atomic mass is 35.5. The van der Waals surface area contributed by atoms with Gasteiger partial charge in [0, 0.05) is 11.1 Å². The van der Waals surface area contributed by atoms with E-state index in [1.165, 1.54) is 50.6 Å². The van der Waals surface area contributed by atoms with E-state index in [-0.39, 0.29) is 26.6 Å². The lowest BCUT2D eigenvalue weighted by atomic mass is 10.2. The minimum Gasteiger partial charge on any atom is -0.495 e.